The second kappa shape index (κ2) is 5.46. The first-order valence-electron chi connectivity index (χ1n) is 6.84. The minimum atomic E-state index is -0.680. The SMILES string of the molecule is O=C(O)C1CCCN(Cc2c[nH]c3cc(Cl)ccc23)C1. The molecule has 0 aliphatic carbocycles. The fourth-order valence-electron chi connectivity index (χ4n) is 2.93. The summed E-state index contributed by atoms with van der Waals surface area (Å²) < 4.78 is 0. The van der Waals surface area contributed by atoms with Gasteiger partial charge in [0.05, 0.1) is 5.92 Å². The molecule has 106 valence electrons. The van der Waals surface area contributed by atoms with Crippen LogP contribution in [0.15, 0.2) is 24.4 Å². The third-order valence-electron chi connectivity index (χ3n) is 3.98. The van der Waals surface area contributed by atoms with E-state index in [9.17, 15) is 4.79 Å². The number of benzene rings is 1. The number of carbonyl (C=O) groups is 1. The van der Waals surface area contributed by atoms with Crippen LogP contribution in [0.25, 0.3) is 10.9 Å². The lowest BCUT2D eigenvalue weighted by atomic mass is 9.98. The zero-order valence-corrected chi connectivity index (χ0v) is 11.9. The van der Waals surface area contributed by atoms with Crippen LogP contribution in [-0.2, 0) is 11.3 Å². The van der Waals surface area contributed by atoms with Crippen LogP contribution < -0.4 is 0 Å². The van der Waals surface area contributed by atoms with E-state index in [0.29, 0.717) is 6.54 Å². The molecule has 0 radical (unpaired) electrons. The Labute approximate surface area is 122 Å². The summed E-state index contributed by atoms with van der Waals surface area (Å²) in [6.45, 7) is 2.38. The summed E-state index contributed by atoms with van der Waals surface area (Å²) in [4.78, 5) is 16.6. The van der Waals surface area contributed by atoms with Crippen LogP contribution in [0.2, 0.25) is 5.02 Å². The number of fused-ring (bicyclic) bond motifs is 1. The highest BCUT2D eigenvalue weighted by atomic mass is 35.5. The normalized spacial score (nSPS) is 20.4. The average molecular weight is 293 g/mol. The lowest BCUT2D eigenvalue weighted by Gasteiger charge is -2.30. The van der Waals surface area contributed by atoms with Gasteiger partial charge in [-0.2, -0.15) is 0 Å². The molecule has 1 atom stereocenters. The number of halogens is 1. The number of hydrogen-bond donors (Lipinski definition) is 2. The third-order valence-corrected chi connectivity index (χ3v) is 4.21. The van der Waals surface area contributed by atoms with Crippen LogP contribution in [0, 0.1) is 5.92 Å². The van der Waals surface area contributed by atoms with Gasteiger partial charge in [-0.15, -0.1) is 0 Å². The lowest BCUT2D eigenvalue weighted by molar-refractivity contribution is -0.143. The van der Waals surface area contributed by atoms with Crippen LogP contribution in [0.4, 0.5) is 0 Å². The number of carboxylic acid groups (broad SMARTS) is 1. The van der Waals surface area contributed by atoms with E-state index in [-0.39, 0.29) is 5.92 Å². The second-order valence-electron chi connectivity index (χ2n) is 5.42. The number of hydrogen-bond acceptors (Lipinski definition) is 2. The first-order chi connectivity index (χ1) is 9.63. The number of likely N-dealkylation sites (tertiary alicyclic amines) is 1. The van der Waals surface area contributed by atoms with Gasteiger partial charge in [-0.05, 0) is 37.1 Å². The molecule has 2 heterocycles. The highest BCUT2D eigenvalue weighted by Gasteiger charge is 2.25. The summed E-state index contributed by atoms with van der Waals surface area (Å²) in [5.74, 6) is -0.913. The zero-order chi connectivity index (χ0) is 14.1. The van der Waals surface area contributed by atoms with Crippen LogP contribution in [0.3, 0.4) is 0 Å². The number of aromatic amines is 1. The number of nitrogens with one attached hydrogen (secondary N) is 1. The molecular weight excluding hydrogens is 276 g/mol. The summed E-state index contributed by atoms with van der Waals surface area (Å²) in [6.07, 6.45) is 3.73. The van der Waals surface area contributed by atoms with Crippen molar-refractivity contribution in [2.24, 2.45) is 5.92 Å². The van der Waals surface area contributed by atoms with Gasteiger partial charge >= 0.3 is 5.97 Å². The van der Waals surface area contributed by atoms with Crippen molar-refractivity contribution < 1.29 is 9.90 Å². The van der Waals surface area contributed by atoms with Gasteiger partial charge in [-0.25, -0.2) is 0 Å². The number of carboxylic acids is 1. The number of piperidine rings is 1. The molecule has 1 aromatic heterocycles. The van der Waals surface area contributed by atoms with Gasteiger partial charge in [-0.3, -0.25) is 9.69 Å². The van der Waals surface area contributed by atoms with Crippen LogP contribution in [-0.4, -0.2) is 34.0 Å². The summed E-state index contributed by atoms with van der Waals surface area (Å²) in [5.41, 5.74) is 2.22. The monoisotopic (exact) mass is 292 g/mol. The molecule has 5 heteroatoms. The molecule has 0 bridgehead atoms. The Bertz CT molecular complexity index is 638. The minimum Gasteiger partial charge on any atom is -0.481 e. The van der Waals surface area contributed by atoms with E-state index in [0.717, 1.165) is 41.9 Å². The molecule has 4 nitrogen and oxygen atoms in total. The fraction of sp³-hybridized carbons (Fsp3) is 0.400. The Kier molecular flexibility index (Phi) is 3.68. The van der Waals surface area contributed by atoms with Gasteiger partial charge in [-0.1, -0.05) is 17.7 Å². The molecule has 3 rings (SSSR count). The molecule has 0 spiro atoms. The van der Waals surface area contributed by atoms with Crippen molar-refractivity contribution in [3.8, 4) is 0 Å². The molecule has 1 aromatic carbocycles. The molecule has 1 aliphatic heterocycles. The molecule has 1 aliphatic rings. The van der Waals surface area contributed by atoms with Crippen LogP contribution >= 0.6 is 11.6 Å². The highest BCUT2D eigenvalue weighted by molar-refractivity contribution is 6.31. The van der Waals surface area contributed by atoms with Crippen molar-refractivity contribution in [2.75, 3.05) is 13.1 Å². The molecule has 1 saturated heterocycles. The van der Waals surface area contributed by atoms with Crippen molar-refractivity contribution in [3.05, 3.63) is 35.0 Å². The summed E-state index contributed by atoms with van der Waals surface area (Å²) in [5, 5.41) is 11.0. The number of aromatic nitrogens is 1. The van der Waals surface area contributed by atoms with Crippen LogP contribution in [0.5, 0.6) is 0 Å². The standard InChI is InChI=1S/C15H17ClN2O2/c16-12-3-4-13-11(7-17-14(13)6-12)9-18-5-1-2-10(8-18)15(19)20/h3-4,6-7,10,17H,1-2,5,8-9H2,(H,19,20). The van der Waals surface area contributed by atoms with Crippen molar-refractivity contribution >= 4 is 28.5 Å². The smallest absolute Gasteiger partial charge is 0.307 e. The molecule has 2 N–H and O–H groups in total. The number of rotatable bonds is 3. The largest absolute Gasteiger partial charge is 0.481 e. The Balaban J connectivity index is 1.77. The van der Waals surface area contributed by atoms with Gasteiger partial charge in [0.1, 0.15) is 0 Å². The maximum atomic E-state index is 11.1. The lowest BCUT2D eigenvalue weighted by Crippen LogP contribution is -2.38. The molecule has 0 amide bonds. The quantitative estimate of drug-likeness (QED) is 0.914. The van der Waals surface area contributed by atoms with Crippen LogP contribution in [0.1, 0.15) is 18.4 Å². The first-order valence-corrected chi connectivity index (χ1v) is 7.22. The van der Waals surface area contributed by atoms with Crippen molar-refractivity contribution in [2.45, 2.75) is 19.4 Å². The second-order valence-corrected chi connectivity index (χ2v) is 5.85. The maximum Gasteiger partial charge on any atom is 0.307 e. The van der Waals surface area contributed by atoms with E-state index in [1.165, 1.54) is 5.56 Å². The predicted octanol–water partition coefficient (Wildman–Crippen LogP) is 3.12. The molecule has 0 saturated carbocycles. The average Bonchev–Trinajstić information content (AvgIpc) is 2.81. The number of aliphatic carboxylic acids is 1. The number of nitrogens with zero attached hydrogens (tertiary/aromatic N) is 1. The Morgan fingerprint density at radius 3 is 3.15 bits per heavy atom. The Morgan fingerprint density at radius 1 is 1.50 bits per heavy atom. The fourth-order valence-corrected chi connectivity index (χ4v) is 3.10. The molecule has 1 fully saturated rings. The van der Waals surface area contributed by atoms with Gasteiger partial charge < -0.3 is 10.1 Å². The maximum absolute atomic E-state index is 11.1. The highest BCUT2D eigenvalue weighted by Crippen LogP contribution is 2.25. The van der Waals surface area contributed by atoms with E-state index >= 15 is 0 Å². The van der Waals surface area contributed by atoms with E-state index in [1.54, 1.807) is 0 Å². The van der Waals surface area contributed by atoms with Crippen molar-refractivity contribution in [1.82, 2.24) is 9.88 Å². The number of H-pyrrole nitrogens is 1. The van der Waals surface area contributed by atoms with Crippen molar-refractivity contribution in [1.29, 1.82) is 0 Å². The summed E-state index contributed by atoms with van der Waals surface area (Å²) >= 11 is 5.98. The molecular formula is C15H17ClN2O2. The zero-order valence-electron chi connectivity index (χ0n) is 11.1. The summed E-state index contributed by atoms with van der Waals surface area (Å²) in [7, 11) is 0. The van der Waals surface area contributed by atoms with E-state index in [1.807, 2.05) is 24.4 Å². The first kappa shape index (κ1) is 13.5. The molecule has 20 heavy (non-hydrogen) atoms. The predicted molar refractivity (Wildman–Crippen MR) is 78.9 cm³/mol. The van der Waals surface area contributed by atoms with Gasteiger partial charge in [0, 0.05) is 35.2 Å². The van der Waals surface area contributed by atoms with Gasteiger partial charge in [0.2, 0.25) is 0 Å². The third kappa shape index (κ3) is 2.67. The Morgan fingerprint density at radius 2 is 2.35 bits per heavy atom. The molecule has 1 unspecified atom stereocenters. The van der Waals surface area contributed by atoms with E-state index in [2.05, 4.69) is 9.88 Å². The van der Waals surface area contributed by atoms with E-state index < -0.39 is 5.97 Å². The molecule has 2 aromatic rings. The van der Waals surface area contributed by atoms with E-state index in [4.69, 9.17) is 16.7 Å². The van der Waals surface area contributed by atoms with Crippen molar-refractivity contribution in [3.63, 3.8) is 0 Å². The van der Waals surface area contributed by atoms with Gasteiger partial charge in [0.25, 0.3) is 0 Å². The minimum absolute atomic E-state index is 0.233. The Hall–Kier alpha value is -1.52. The topological polar surface area (TPSA) is 56.3 Å². The summed E-state index contributed by atoms with van der Waals surface area (Å²) in [6, 6.07) is 5.82. The van der Waals surface area contributed by atoms with Gasteiger partial charge in [0.15, 0.2) is 0 Å².